The number of rotatable bonds is 8. The number of carboxylic acids is 1. The van der Waals surface area contributed by atoms with E-state index in [2.05, 4.69) is 4.98 Å². The molecule has 0 aliphatic carbocycles. The van der Waals surface area contributed by atoms with Crippen molar-refractivity contribution in [3.8, 4) is 28.5 Å². The average Bonchev–Trinajstić information content (AvgIpc) is 2.71. The van der Waals surface area contributed by atoms with E-state index >= 15 is 0 Å². The summed E-state index contributed by atoms with van der Waals surface area (Å²) in [7, 11) is 1.54. The molecule has 0 aliphatic rings. The molecule has 0 saturated carbocycles. The van der Waals surface area contributed by atoms with E-state index in [0.717, 1.165) is 12.0 Å². The largest absolute Gasteiger partial charge is 0.494 e. The molecule has 0 saturated heterocycles. The zero-order valence-electron chi connectivity index (χ0n) is 16.2. The third kappa shape index (κ3) is 3.86. The Labute approximate surface area is 163 Å². The molecule has 0 spiro atoms. The Morgan fingerprint density at radius 2 is 1.86 bits per heavy atom. The Balaban J connectivity index is 2.17. The quantitative estimate of drug-likeness (QED) is 0.604. The second-order valence-electron chi connectivity index (χ2n) is 6.16. The van der Waals surface area contributed by atoms with Crippen LogP contribution in [0.15, 0.2) is 42.5 Å². The second-order valence-corrected chi connectivity index (χ2v) is 6.16. The molecular formula is C22H23NO5. The van der Waals surface area contributed by atoms with Gasteiger partial charge in [0.05, 0.1) is 31.6 Å². The molecule has 6 heteroatoms. The normalized spacial score (nSPS) is 10.7. The zero-order chi connectivity index (χ0) is 20.1. The fourth-order valence-electron chi connectivity index (χ4n) is 2.98. The van der Waals surface area contributed by atoms with Gasteiger partial charge in [0.25, 0.3) is 0 Å². The number of carbonyl (C=O) groups is 1. The SMILES string of the molecule is CCCOc1ccc(-c2cc(C(=O)O)c3cccc(OC)c3n2)cc1OCC. The number of hydrogen-bond donors (Lipinski definition) is 1. The van der Waals surface area contributed by atoms with Crippen LogP contribution in [0.3, 0.4) is 0 Å². The molecule has 3 aromatic rings. The van der Waals surface area contributed by atoms with E-state index < -0.39 is 5.97 Å². The summed E-state index contributed by atoms with van der Waals surface area (Å²) in [6, 6.07) is 12.3. The highest BCUT2D eigenvalue weighted by atomic mass is 16.5. The van der Waals surface area contributed by atoms with E-state index in [0.29, 0.717) is 47.1 Å². The Bertz CT molecular complexity index is 1000. The van der Waals surface area contributed by atoms with Crippen molar-refractivity contribution in [3.05, 3.63) is 48.0 Å². The fourth-order valence-corrected chi connectivity index (χ4v) is 2.98. The van der Waals surface area contributed by atoms with Crippen LogP contribution in [0.25, 0.3) is 22.2 Å². The molecule has 0 aliphatic heterocycles. The van der Waals surface area contributed by atoms with Gasteiger partial charge >= 0.3 is 5.97 Å². The van der Waals surface area contributed by atoms with Gasteiger partial charge in [0.15, 0.2) is 11.5 Å². The molecule has 6 nitrogen and oxygen atoms in total. The molecular weight excluding hydrogens is 358 g/mol. The monoisotopic (exact) mass is 381 g/mol. The number of aromatic carboxylic acids is 1. The summed E-state index contributed by atoms with van der Waals surface area (Å²) in [4.78, 5) is 16.5. The zero-order valence-corrected chi connectivity index (χ0v) is 16.2. The maximum atomic E-state index is 11.8. The van der Waals surface area contributed by atoms with Crippen LogP contribution >= 0.6 is 0 Å². The van der Waals surface area contributed by atoms with Gasteiger partial charge < -0.3 is 19.3 Å². The molecule has 0 fully saturated rings. The van der Waals surface area contributed by atoms with E-state index in [9.17, 15) is 9.90 Å². The molecule has 2 aromatic carbocycles. The van der Waals surface area contributed by atoms with E-state index in [1.807, 2.05) is 32.0 Å². The smallest absolute Gasteiger partial charge is 0.336 e. The molecule has 1 heterocycles. The molecule has 1 N–H and O–H groups in total. The first-order chi connectivity index (χ1) is 13.6. The van der Waals surface area contributed by atoms with Crippen LogP contribution in [0.4, 0.5) is 0 Å². The lowest BCUT2D eigenvalue weighted by Gasteiger charge is -2.14. The summed E-state index contributed by atoms with van der Waals surface area (Å²) in [6.07, 6.45) is 0.890. The molecule has 28 heavy (non-hydrogen) atoms. The molecule has 0 unspecified atom stereocenters. The molecule has 0 atom stereocenters. The topological polar surface area (TPSA) is 77.9 Å². The molecule has 0 bridgehead atoms. The lowest BCUT2D eigenvalue weighted by atomic mass is 10.0. The molecule has 0 amide bonds. The van der Waals surface area contributed by atoms with Crippen LogP contribution in [0.5, 0.6) is 17.2 Å². The van der Waals surface area contributed by atoms with E-state index in [-0.39, 0.29) is 5.56 Å². The molecule has 0 radical (unpaired) electrons. The number of carboxylic acid groups (broad SMARTS) is 1. The molecule has 1 aromatic heterocycles. The Hall–Kier alpha value is -3.28. The number of para-hydroxylation sites is 1. The number of ether oxygens (including phenoxy) is 3. The van der Waals surface area contributed by atoms with Crippen molar-refractivity contribution in [1.82, 2.24) is 4.98 Å². The maximum Gasteiger partial charge on any atom is 0.336 e. The number of hydrogen-bond acceptors (Lipinski definition) is 5. The van der Waals surface area contributed by atoms with Crippen LogP contribution in [-0.4, -0.2) is 36.4 Å². The predicted octanol–water partition coefficient (Wildman–Crippen LogP) is 4.80. The summed E-state index contributed by atoms with van der Waals surface area (Å²) in [5, 5.41) is 10.2. The van der Waals surface area contributed by atoms with E-state index in [1.54, 1.807) is 24.3 Å². The van der Waals surface area contributed by atoms with Gasteiger partial charge in [0, 0.05) is 10.9 Å². The standard InChI is InChI=1S/C22H23NO5/c1-4-11-28-18-10-9-14(12-20(18)27-5-2)17-13-16(22(24)25)15-7-6-8-19(26-3)21(15)23-17/h6-10,12-13H,4-5,11H2,1-3H3,(H,24,25). The number of aromatic nitrogens is 1. The minimum absolute atomic E-state index is 0.170. The van der Waals surface area contributed by atoms with Gasteiger partial charge in [-0.05, 0) is 43.7 Å². The van der Waals surface area contributed by atoms with Crippen molar-refractivity contribution in [2.75, 3.05) is 20.3 Å². The fraction of sp³-hybridized carbons (Fsp3) is 0.273. The van der Waals surface area contributed by atoms with Crippen LogP contribution in [-0.2, 0) is 0 Å². The van der Waals surface area contributed by atoms with Crippen molar-refractivity contribution >= 4 is 16.9 Å². The van der Waals surface area contributed by atoms with E-state index in [1.165, 1.54) is 7.11 Å². The van der Waals surface area contributed by atoms with Crippen molar-refractivity contribution in [1.29, 1.82) is 0 Å². The lowest BCUT2D eigenvalue weighted by molar-refractivity contribution is 0.0699. The third-order valence-electron chi connectivity index (χ3n) is 4.25. The number of methoxy groups -OCH3 is 1. The van der Waals surface area contributed by atoms with Crippen molar-refractivity contribution in [2.24, 2.45) is 0 Å². The van der Waals surface area contributed by atoms with Crippen molar-refractivity contribution in [2.45, 2.75) is 20.3 Å². The highest BCUT2D eigenvalue weighted by molar-refractivity contribution is 6.05. The Morgan fingerprint density at radius 1 is 1.04 bits per heavy atom. The van der Waals surface area contributed by atoms with Crippen molar-refractivity contribution < 1.29 is 24.1 Å². The summed E-state index contributed by atoms with van der Waals surface area (Å²) in [5.74, 6) is 0.765. The number of fused-ring (bicyclic) bond motifs is 1. The summed E-state index contributed by atoms with van der Waals surface area (Å²) in [6.45, 7) is 5.02. The minimum atomic E-state index is -1.02. The van der Waals surface area contributed by atoms with Crippen LogP contribution in [0.2, 0.25) is 0 Å². The van der Waals surface area contributed by atoms with Gasteiger partial charge in [-0.3, -0.25) is 0 Å². The summed E-state index contributed by atoms with van der Waals surface area (Å²) >= 11 is 0. The molecule has 3 rings (SSSR count). The highest BCUT2D eigenvalue weighted by Gasteiger charge is 2.17. The summed E-state index contributed by atoms with van der Waals surface area (Å²) < 4.78 is 16.8. The maximum absolute atomic E-state index is 11.8. The lowest BCUT2D eigenvalue weighted by Crippen LogP contribution is -2.02. The Kier molecular flexibility index (Phi) is 5.99. The first-order valence-electron chi connectivity index (χ1n) is 9.20. The third-order valence-corrected chi connectivity index (χ3v) is 4.25. The molecule has 146 valence electrons. The minimum Gasteiger partial charge on any atom is -0.494 e. The second kappa shape index (κ2) is 8.61. The number of nitrogens with zero attached hydrogens (tertiary/aromatic N) is 1. The van der Waals surface area contributed by atoms with Crippen LogP contribution < -0.4 is 14.2 Å². The van der Waals surface area contributed by atoms with Crippen molar-refractivity contribution in [3.63, 3.8) is 0 Å². The summed E-state index contributed by atoms with van der Waals surface area (Å²) in [5.41, 5.74) is 1.94. The van der Waals surface area contributed by atoms with E-state index in [4.69, 9.17) is 14.2 Å². The number of pyridine rings is 1. The van der Waals surface area contributed by atoms with Crippen LogP contribution in [0, 0.1) is 0 Å². The number of benzene rings is 2. The van der Waals surface area contributed by atoms with Gasteiger partial charge in [-0.25, -0.2) is 9.78 Å². The Morgan fingerprint density at radius 3 is 2.54 bits per heavy atom. The van der Waals surface area contributed by atoms with Gasteiger partial charge in [-0.15, -0.1) is 0 Å². The van der Waals surface area contributed by atoms with Gasteiger partial charge in [-0.2, -0.15) is 0 Å². The predicted molar refractivity (Wildman–Crippen MR) is 108 cm³/mol. The first kappa shape index (κ1) is 19.5. The van der Waals surface area contributed by atoms with Gasteiger partial charge in [0.1, 0.15) is 11.3 Å². The van der Waals surface area contributed by atoms with Gasteiger partial charge in [-0.1, -0.05) is 19.1 Å². The highest BCUT2D eigenvalue weighted by Crippen LogP contribution is 2.35. The van der Waals surface area contributed by atoms with Crippen LogP contribution in [0.1, 0.15) is 30.6 Å². The van der Waals surface area contributed by atoms with Gasteiger partial charge in [0.2, 0.25) is 0 Å². The first-order valence-corrected chi connectivity index (χ1v) is 9.20. The average molecular weight is 381 g/mol.